The Morgan fingerprint density at radius 2 is 2.00 bits per heavy atom. The van der Waals surface area contributed by atoms with Crippen LogP contribution < -0.4 is 0 Å². The standard InChI is InChI=1S/C12H24ClNO/c1-2-15-11-5-9-14(10-8-13)12-6-3-4-7-12/h12H,2-11H2,1H3. The van der Waals surface area contributed by atoms with Crippen molar-refractivity contribution in [2.24, 2.45) is 0 Å². The molecule has 1 fully saturated rings. The maximum Gasteiger partial charge on any atom is 0.0478 e. The first-order valence-corrected chi connectivity index (χ1v) is 6.79. The third-order valence-electron chi connectivity index (χ3n) is 3.15. The van der Waals surface area contributed by atoms with Crippen LogP contribution in [0.2, 0.25) is 0 Å². The molecule has 0 radical (unpaired) electrons. The highest BCUT2D eigenvalue weighted by Gasteiger charge is 2.21. The molecule has 0 heterocycles. The van der Waals surface area contributed by atoms with E-state index in [1.807, 2.05) is 6.92 Å². The number of rotatable bonds is 8. The second-order valence-electron chi connectivity index (χ2n) is 4.21. The Kier molecular flexibility index (Phi) is 7.41. The average molecular weight is 234 g/mol. The Hall–Kier alpha value is 0.210. The molecule has 1 saturated carbocycles. The van der Waals surface area contributed by atoms with Crippen molar-refractivity contribution in [1.29, 1.82) is 0 Å². The van der Waals surface area contributed by atoms with Crippen molar-refractivity contribution >= 4 is 11.6 Å². The highest BCUT2D eigenvalue weighted by atomic mass is 35.5. The molecule has 0 aromatic heterocycles. The van der Waals surface area contributed by atoms with Gasteiger partial charge in [-0.25, -0.2) is 0 Å². The Labute approximate surface area is 98.9 Å². The van der Waals surface area contributed by atoms with Gasteiger partial charge in [-0.15, -0.1) is 11.6 Å². The van der Waals surface area contributed by atoms with Crippen molar-refractivity contribution in [3.63, 3.8) is 0 Å². The molecule has 0 bridgehead atoms. The van der Waals surface area contributed by atoms with E-state index >= 15 is 0 Å². The number of hydrogen-bond donors (Lipinski definition) is 0. The van der Waals surface area contributed by atoms with Gasteiger partial charge in [0.05, 0.1) is 0 Å². The third kappa shape index (κ3) is 5.19. The summed E-state index contributed by atoms with van der Waals surface area (Å²) in [4.78, 5) is 2.55. The summed E-state index contributed by atoms with van der Waals surface area (Å²) in [6, 6.07) is 0.797. The van der Waals surface area contributed by atoms with Crippen molar-refractivity contribution in [3.8, 4) is 0 Å². The molecule has 0 amide bonds. The van der Waals surface area contributed by atoms with E-state index in [-0.39, 0.29) is 0 Å². The predicted octanol–water partition coefficient (Wildman–Crippen LogP) is 2.90. The lowest BCUT2D eigenvalue weighted by Gasteiger charge is -2.27. The van der Waals surface area contributed by atoms with E-state index in [9.17, 15) is 0 Å². The van der Waals surface area contributed by atoms with Crippen molar-refractivity contribution in [2.75, 3.05) is 32.2 Å². The highest BCUT2D eigenvalue weighted by Crippen LogP contribution is 2.23. The second kappa shape index (κ2) is 8.37. The fourth-order valence-electron chi connectivity index (χ4n) is 2.37. The van der Waals surface area contributed by atoms with Gasteiger partial charge in [0.15, 0.2) is 0 Å². The van der Waals surface area contributed by atoms with Crippen LogP contribution in [0.15, 0.2) is 0 Å². The smallest absolute Gasteiger partial charge is 0.0478 e. The van der Waals surface area contributed by atoms with Crippen molar-refractivity contribution in [2.45, 2.75) is 45.1 Å². The van der Waals surface area contributed by atoms with E-state index in [0.717, 1.165) is 44.6 Å². The summed E-state index contributed by atoms with van der Waals surface area (Å²) in [6.45, 7) is 5.96. The number of nitrogens with zero attached hydrogens (tertiary/aromatic N) is 1. The van der Waals surface area contributed by atoms with Gasteiger partial charge >= 0.3 is 0 Å². The van der Waals surface area contributed by atoms with Gasteiger partial charge in [-0.1, -0.05) is 12.8 Å². The van der Waals surface area contributed by atoms with Gasteiger partial charge in [-0.2, -0.15) is 0 Å². The lowest BCUT2D eigenvalue weighted by atomic mass is 10.2. The van der Waals surface area contributed by atoms with E-state index in [4.69, 9.17) is 16.3 Å². The summed E-state index contributed by atoms with van der Waals surface area (Å²) in [6.07, 6.45) is 6.67. The van der Waals surface area contributed by atoms with Crippen LogP contribution in [0.1, 0.15) is 39.0 Å². The first-order chi connectivity index (χ1) is 7.38. The summed E-state index contributed by atoms with van der Waals surface area (Å²) in [5.74, 6) is 0.755. The van der Waals surface area contributed by atoms with Crippen molar-refractivity contribution < 1.29 is 4.74 Å². The summed E-state index contributed by atoms with van der Waals surface area (Å²) in [7, 11) is 0. The number of alkyl halides is 1. The molecule has 0 N–H and O–H groups in total. The molecule has 2 nitrogen and oxygen atoms in total. The molecule has 1 aliphatic rings. The molecule has 0 aromatic rings. The topological polar surface area (TPSA) is 12.5 Å². The molecule has 0 aromatic carbocycles. The molecule has 0 atom stereocenters. The SMILES string of the molecule is CCOCCCN(CCCl)C1CCCC1. The van der Waals surface area contributed by atoms with E-state index in [1.54, 1.807) is 0 Å². The highest BCUT2D eigenvalue weighted by molar-refractivity contribution is 6.18. The zero-order valence-corrected chi connectivity index (χ0v) is 10.6. The van der Waals surface area contributed by atoms with Gasteiger partial charge in [-0.3, -0.25) is 4.90 Å². The van der Waals surface area contributed by atoms with Gasteiger partial charge in [0.2, 0.25) is 0 Å². The van der Waals surface area contributed by atoms with Gasteiger partial charge in [0.25, 0.3) is 0 Å². The summed E-state index contributed by atoms with van der Waals surface area (Å²) in [5, 5.41) is 0. The quantitative estimate of drug-likeness (QED) is 0.472. The van der Waals surface area contributed by atoms with Gasteiger partial charge in [-0.05, 0) is 26.2 Å². The van der Waals surface area contributed by atoms with Crippen LogP contribution in [0.3, 0.4) is 0 Å². The number of ether oxygens (including phenoxy) is 1. The van der Waals surface area contributed by atoms with E-state index in [2.05, 4.69) is 4.90 Å². The van der Waals surface area contributed by atoms with Gasteiger partial charge < -0.3 is 4.74 Å². The minimum absolute atomic E-state index is 0.755. The molecule has 0 spiro atoms. The third-order valence-corrected chi connectivity index (χ3v) is 3.32. The zero-order valence-electron chi connectivity index (χ0n) is 9.88. The van der Waals surface area contributed by atoms with Crippen LogP contribution in [-0.2, 0) is 4.74 Å². The molecular weight excluding hydrogens is 210 g/mol. The number of halogens is 1. The Balaban J connectivity index is 2.17. The molecule has 3 heteroatoms. The maximum atomic E-state index is 5.84. The van der Waals surface area contributed by atoms with Crippen LogP contribution >= 0.6 is 11.6 Å². The molecule has 90 valence electrons. The van der Waals surface area contributed by atoms with E-state index in [1.165, 1.54) is 25.7 Å². The van der Waals surface area contributed by atoms with Crippen molar-refractivity contribution in [1.82, 2.24) is 4.90 Å². The summed E-state index contributed by atoms with van der Waals surface area (Å²) in [5.41, 5.74) is 0. The minimum Gasteiger partial charge on any atom is -0.382 e. The zero-order chi connectivity index (χ0) is 10.9. The van der Waals surface area contributed by atoms with Crippen molar-refractivity contribution in [3.05, 3.63) is 0 Å². The summed E-state index contributed by atoms with van der Waals surface area (Å²) < 4.78 is 5.37. The first-order valence-electron chi connectivity index (χ1n) is 6.26. The Morgan fingerprint density at radius 1 is 1.27 bits per heavy atom. The summed E-state index contributed by atoms with van der Waals surface area (Å²) >= 11 is 5.84. The van der Waals surface area contributed by atoms with Crippen LogP contribution in [0.4, 0.5) is 0 Å². The molecule has 15 heavy (non-hydrogen) atoms. The van der Waals surface area contributed by atoms with Crippen LogP contribution in [0.25, 0.3) is 0 Å². The lowest BCUT2D eigenvalue weighted by Crippen LogP contribution is -2.36. The maximum absolute atomic E-state index is 5.84. The molecule has 0 saturated heterocycles. The minimum atomic E-state index is 0.755. The van der Waals surface area contributed by atoms with Crippen LogP contribution in [0.5, 0.6) is 0 Å². The monoisotopic (exact) mass is 233 g/mol. The van der Waals surface area contributed by atoms with Crippen LogP contribution in [-0.4, -0.2) is 43.1 Å². The average Bonchev–Trinajstić information content (AvgIpc) is 2.76. The molecule has 0 unspecified atom stereocenters. The Bertz CT molecular complexity index is 149. The lowest BCUT2D eigenvalue weighted by molar-refractivity contribution is 0.123. The van der Waals surface area contributed by atoms with Crippen LogP contribution in [0, 0.1) is 0 Å². The second-order valence-corrected chi connectivity index (χ2v) is 4.59. The number of hydrogen-bond acceptors (Lipinski definition) is 2. The van der Waals surface area contributed by atoms with E-state index in [0.29, 0.717) is 0 Å². The van der Waals surface area contributed by atoms with E-state index < -0.39 is 0 Å². The first kappa shape index (κ1) is 13.3. The fraction of sp³-hybridized carbons (Fsp3) is 1.00. The predicted molar refractivity (Wildman–Crippen MR) is 65.7 cm³/mol. The largest absolute Gasteiger partial charge is 0.382 e. The van der Waals surface area contributed by atoms with Gasteiger partial charge in [0, 0.05) is 38.2 Å². The molecular formula is C12H24ClNO. The fourth-order valence-corrected chi connectivity index (χ4v) is 2.59. The normalized spacial score (nSPS) is 17.8. The van der Waals surface area contributed by atoms with Gasteiger partial charge in [0.1, 0.15) is 0 Å². The Morgan fingerprint density at radius 3 is 2.60 bits per heavy atom. The molecule has 1 aliphatic carbocycles. The molecule has 0 aliphatic heterocycles. The molecule has 1 rings (SSSR count).